The van der Waals surface area contributed by atoms with Crippen molar-refractivity contribution in [2.75, 3.05) is 6.54 Å². The third-order valence-corrected chi connectivity index (χ3v) is 3.80. The van der Waals surface area contributed by atoms with Gasteiger partial charge in [-0.2, -0.15) is 0 Å². The summed E-state index contributed by atoms with van der Waals surface area (Å²) in [5.41, 5.74) is 10.7. The van der Waals surface area contributed by atoms with Crippen LogP contribution in [0.5, 0.6) is 0 Å². The van der Waals surface area contributed by atoms with Gasteiger partial charge in [-0.1, -0.05) is 13.8 Å². The highest BCUT2D eigenvalue weighted by Gasteiger charge is 2.30. The van der Waals surface area contributed by atoms with Crippen molar-refractivity contribution in [1.82, 2.24) is 16.0 Å². The van der Waals surface area contributed by atoms with Gasteiger partial charge in [-0.05, 0) is 18.8 Å². The number of carboxylic acid groups (broad SMARTS) is 2. The lowest BCUT2D eigenvalue weighted by Crippen LogP contribution is -2.56. The maximum Gasteiger partial charge on any atom is 0.322 e. The van der Waals surface area contributed by atoms with Crippen LogP contribution in [0.15, 0.2) is 0 Å². The lowest BCUT2D eigenvalue weighted by atomic mass is 10.0. The molecule has 0 aliphatic heterocycles. The smallest absolute Gasteiger partial charge is 0.322 e. The number of hydrogen-bond donors (Lipinski definition) is 7. The van der Waals surface area contributed by atoms with Crippen molar-refractivity contribution < 1.29 is 39.0 Å². The molecule has 13 heteroatoms. The van der Waals surface area contributed by atoms with Crippen LogP contribution in [-0.2, 0) is 28.8 Å². The molecule has 4 amide bonds. The van der Waals surface area contributed by atoms with Crippen LogP contribution >= 0.6 is 0 Å². The number of nitrogens with two attached hydrogens (primary N) is 2. The molecule has 0 aliphatic rings. The Kier molecular flexibility index (Phi) is 11.7. The van der Waals surface area contributed by atoms with E-state index >= 15 is 0 Å². The molecule has 0 aromatic carbocycles. The number of carboxylic acids is 2. The Balaban J connectivity index is 5.24. The van der Waals surface area contributed by atoms with Gasteiger partial charge in [0.15, 0.2) is 0 Å². The van der Waals surface area contributed by atoms with Gasteiger partial charge in [0.25, 0.3) is 0 Å². The Morgan fingerprint density at radius 1 is 0.867 bits per heavy atom. The molecular weight excluding hydrogens is 402 g/mol. The third kappa shape index (κ3) is 11.6. The predicted octanol–water partition coefficient (Wildman–Crippen LogP) is -2.73. The molecule has 0 saturated heterocycles. The van der Waals surface area contributed by atoms with E-state index in [1.54, 1.807) is 13.8 Å². The number of primary amides is 1. The van der Waals surface area contributed by atoms with Crippen LogP contribution < -0.4 is 27.4 Å². The molecule has 0 rings (SSSR count). The molecule has 0 spiro atoms. The standard InChI is InChI=1S/C17H29N5O8/c1-8(2)5-10(21-15(28)9(18)3-4-12(19)23)17(30)22-11(6-13(24)25)16(29)20-7-14(26)27/h8-11H,3-7,18H2,1-2H3,(H2,19,23)(H,20,29)(H,21,28)(H,22,30)(H,24,25)(H,26,27). The summed E-state index contributed by atoms with van der Waals surface area (Å²) in [6, 6.07) is -3.79. The largest absolute Gasteiger partial charge is 0.481 e. The first-order valence-corrected chi connectivity index (χ1v) is 9.19. The van der Waals surface area contributed by atoms with Gasteiger partial charge in [-0.15, -0.1) is 0 Å². The van der Waals surface area contributed by atoms with E-state index in [4.69, 9.17) is 21.7 Å². The summed E-state index contributed by atoms with van der Waals surface area (Å²) in [6.45, 7) is 2.78. The van der Waals surface area contributed by atoms with Crippen molar-refractivity contribution in [3.8, 4) is 0 Å². The maximum absolute atomic E-state index is 12.6. The number of carbonyl (C=O) groups is 6. The van der Waals surface area contributed by atoms with Gasteiger partial charge in [0.2, 0.25) is 23.6 Å². The van der Waals surface area contributed by atoms with E-state index in [2.05, 4.69) is 10.6 Å². The minimum Gasteiger partial charge on any atom is -0.481 e. The Hall–Kier alpha value is -3.22. The van der Waals surface area contributed by atoms with Gasteiger partial charge in [0.05, 0.1) is 12.5 Å². The summed E-state index contributed by atoms with van der Waals surface area (Å²) in [6.07, 6.45) is -0.801. The average molecular weight is 431 g/mol. The van der Waals surface area contributed by atoms with Crippen molar-refractivity contribution >= 4 is 35.6 Å². The number of amides is 4. The average Bonchev–Trinajstić information content (AvgIpc) is 2.61. The predicted molar refractivity (Wildman–Crippen MR) is 103 cm³/mol. The SMILES string of the molecule is CC(C)CC(NC(=O)C(N)CCC(N)=O)C(=O)NC(CC(=O)O)C(=O)NCC(=O)O. The van der Waals surface area contributed by atoms with Gasteiger partial charge in [-0.25, -0.2) is 0 Å². The van der Waals surface area contributed by atoms with Crippen molar-refractivity contribution in [3.05, 3.63) is 0 Å². The topological polar surface area (TPSA) is 231 Å². The van der Waals surface area contributed by atoms with Gasteiger partial charge >= 0.3 is 11.9 Å². The maximum atomic E-state index is 12.6. The molecule has 3 atom stereocenters. The molecule has 13 nitrogen and oxygen atoms in total. The molecule has 3 unspecified atom stereocenters. The number of nitrogens with one attached hydrogen (secondary N) is 3. The first kappa shape index (κ1) is 26.8. The quantitative estimate of drug-likeness (QED) is 0.151. The Morgan fingerprint density at radius 3 is 1.90 bits per heavy atom. The molecule has 0 fully saturated rings. The first-order valence-electron chi connectivity index (χ1n) is 9.19. The number of aliphatic carboxylic acids is 2. The van der Waals surface area contributed by atoms with Crippen LogP contribution in [-0.4, -0.2) is 70.5 Å². The zero-order valence-electron chi connectivity index (χ0n) is 16.8. The van der Waals surface area contributed by atoms with Crippen LogP contribution in [0.1, 0.15) is 39.5 Å². The second-order valence-electron chi connectivity index (χ2n) is 7.07. The number of hydrogen-bond acceptors (Lipinski definition) is 7. The third-order valence-electron chi connectivity index (χ3n) is 3.80. The van der Waals surface area contributed by atoms with E-state index in [9.17, 15) is 28.8 Å². The van der Waals surface area contributed by atoms with E-state index in [1.165, 1.54) is 0 Å². The van der Waals surface area contributed by atoms with Gasteiger partial charge < -0.3 is 37.6 Å². The van der Waals surface area contributed by atoms with Crippen LogP contribution in [0, 0.1) is 5.92 Å². The van der Waals surface area contributed by atoms with Crippen molar-refractivity contribution in [3.63, 3.8) is 0 Å². The molecule has 0 aromatic rings. The van der Waals surface area contributed by atoms with Crippen LogP contribution in [0.25, 0.3) is 0 Å². The van der Waals surface area contributed by atoms with Crippen LogP contribution in [0.3, 0.4) is 0 Å². The molecular formula is C17H29N5O8. The zero-order valence-corrected chi connectivity index (χ0v) is 16.8. The number of rotatable bonds is 14. The van der Waals surface area contributed by atoms with E-state index < -0.39 is 66.7 Å². The normalized spacial score (nSPS) is 13.6. The fourth-order valence-electron chi connectivity index (χ4n) is 2.35. The molecule has 30 heavy (non-hydrogen) atoms. The lowest BCUT2D eigenvalue weighted by molar-refractivity contribution is -0.141. The summed E-state index contributed by atoms with van der Waals surface area (Å²) < 4.78 is 0. The summed E-state index contributed by atoms with van der Waals surface area (Å²) in [5.74, 6) is -6.01. The molecule has 170 valence electrons. The monoisotopic (exact) mass is 431 g/mol. The fraction of sp³-hybridized carbons (Fsp3) is 0.647. The second-order valence-corrected chi connectivity index (χ2v) is 7.07. The molecule has 0 bridgehead atoms. The van der Waals surface area contributed by atoms with E-state index in [0.717, 1.165) is 0 Å². The fourth-order valence-corrected chi connectivity index (χ4v) is 2.35. The second kappa shape index (κ2) is 13.1. The summed E-state index contributed by atoms with van der Waals surface area (Å²) >= 11 is 0. The Bertz CT molecular complexity index is 667. The molecule has 9 N–H and O–H groups in total. The van der Waals surface area contributed by atoms with Crippen molar-refractivity contribution in [2.45, 2.75) is 57.7 Å². The van der Waals surface area contributed by atoms with Gasteiger partial charge in [-0.3, -0.25) is 28.8 Å². The zero-order chi connectivity index (χ0) is 23.4. The first-order chi connectivity index (χ1) is 13.8. The minimum absolute atomic E-state index is 0.0313. The number of carbonyl (C=O) groups excluding carboxylic acids is 4. The molecule has 0 heterocycles. The molecule has 0 radical (unpaired) electrons. The molecule has 0 aliphatic carbocycles. The van der Waals surface area contributed by atoms with E-state index in [0.29, 0.717) is 0 Å². The highest BCUT2D eigenvalue weighted by atomic mass is 16.4. The Labute approximate surface area is 172 Å². The minimum atomic E-state index is -1.55. The molecule has 0 aromatic heterocycles. The Morgan fingerprint density at radius 2 is 1.43 bits per heavy atom. The van der Waals surface area contributed by atoms with E-state index in [1.807, 2.05) is 5.32 Å². The van der Waals surface area contributed by atoms with Gasteiger partial charge in [0, 0.05) is 6.42 Å². The van der Waals surface area contributed by atoms with Crippen LogP contribution in [0.2, 0.25) is 0 Å². The highest BCUT2D eigenvalue weighted by molar-refractivity contribution is 5.95. The summed E-state index contributed by atoms with van der Waals surface area (Å²) in [5, 5.41) is 24.2. The molecule has 0 saturated carbocycles. The highest BCUT2D eigenvalue weighted by Crippen LogP contribution is 2.07. The van der Waals surface area contributed by atoms with E-state index in [-0.39, 0.29) is 25.2 Å². The van der Waals surface area contributed by atoms with Crippen molar-refractivity contribution in [2.24, 2.45) is 17.4 Å². The summed E-state index contributed by atoms with van der Waals surface area (Å²) in [4.78, 5) is 69.3. The lowest BCUT2D eigenvalue weighted by Gasteiger charge is -2.24. The van der Waals surface area contributed by atoms with Crippen LogP contribution in [0.4, 0.5) is 0 Å². The van der Waals surface area contributed by atoms with Gasteiger partial charge in [0.1, 0.15) is 18.6 Å². The summed E-state index contributed by atoms with van der Waals surface area (Å²) in [7, 11) is 0. The van der Waals surface area contributed by atoms with Crippen molar-refractivity contribution in [1.29, 1.82) is 0 Å².